The van der Waals surface area contributed by atoms with Crippen LogP contribution in [0.2, 0.25) is 0 Å². The summed E-state index contributed by atoms with van der Waals surface area (Å²) in [6.45, 7) is 7.32. The second-order valence-corrected chi connectivity index (χ2v) is 5.07. The lowest BCUT2D eigenvalue weighted by Crippen LogP contribution is -2.66. The van der Waals surface area contributed by atoms with Crippen LogP contribution >= 0.6 is 0 Å². The van der Waals surface area contributed by atoms with E-state index in [4.69, 9.17) is 5.73 Å². The quantitative estimate of drug-likeness (QED) is 0.784. The summed E-state index contributed by atoms with van der Waals surface area (Å²) in [4.78, 5) is 18.2. The third-order valence-corrected chi connectivity index (χ3v) is 2.81. The van der Waals surface area contributed by atoms with Crippen LogP contribution in [-0.4, -0.2) is 28.2 Å². The molecule has 0 radical (unpaired) electrons. The minimum absolute atomic E-state index is 0.0343. The molecule has 0 bridgehead atoms. The van der Waals surface area contributed by atoms with Gasteiger partial charge in [0.15, 0.2) is 5.82 Å². The van der Waals surface area contributed by atoms with E-state index in [0.29, 0.717) is 18.9 Å². The van der Waals surface area contributed by atoms with E-state index >= 15 is 0 Å². The molecule has 0 atom stereocenters. The van der Waals surface area contributed by atoms with E-state index in [0.717, 1.165) is 0 Å². The number of rotatable bonds is 2. The molecule has 1 aliphatic rings. The summed E-state index contributed by atoms with van der Waals surface area (Å²) in [5, 5.41) is 0. The Balaban J connectivity index is 2.30. The molecule has 0 aliphatic carbocycles. The van der Waals surface area contributed by atoms with E-state index < -0.39 is 0 Å². The predicted molar refractivity (Wildman–Crippen MR) is 63.7 cm³/mol. The van der Waals surface area contributed by atoms with Crippen molar-refractivity contribution >= 4 is 5.82 Å². The molecular formula is C11H18N4O. The highest BCUT2D eigenvalue weighted by molar-refractivity contribution is 5.42. The summed E-state index contributed by atoms with van der Waals surface area (Å²) >= 11 is 0. The lowest BCUT2D eigenvalue weighted by Gasteiger charge is -2.45. The molecule has 88 valence electrons. The largest absolute Gasteiger partial charge is 0.348 e. The molecule has 1 fully saturated rings. The van der Waals surface area contributed by atoms with Crippen molar-refractivity contribution in [3.63, 3.8) is 0 Å². The third-order valence-electron chi connectivity index (χ3n) is 2.81. The van der Waals surface area contributed by atoms with Crippen LogP contribution in [0.25, 0.3) is 0 Å². The molecule has 0 saturated carbocycles. The Morgan fingerprint density at radius 3 is 2.62 bits per heavy atom. The number of nitrogens with zero attached hydrogens (tertiary/aromatic N) is 3. The lowest BCUT2D eigenvalue weighted by atomic mass is 9.94. The number of nitrogens with two attached hydrogens (primary N) is 1. The summed E-state index contributed by atoms with van der Waals surface area (Å²) in [5.41, 5.74) is 5.70. The van der Waals surface area contributed by atoms with E-state index in [2.05, 4.69) is 4.98 Å². The van der Waals surface area contributed by atoms with Crippen LogP contribution in [0, 0.1) is 0 Å². The average molecular weight is 222 g/mol. The maximum Gasteiger partial charge on any atom is 0.293 e. The van der Waals surface area contributed by atoms with Gasteiger partial charge in [-0.25, -0.2) is 4.98 Å². The molecular weight excluding hydrogens is 204 g/mol. The molecule has 2 N–H and O–H groups in total. The summed E-state index contributed by atoms with van der Waals surface area (Å²) in [6.07, 6.45) is 3.39. The van der Waals surface area contributed by atoms with Gasteiger partial charge in [0, 0.05) is 37.1 Å². The van der Waals surface area contributed by atoms with Crippen LogP contribution in [-0.2, 0) is 0 Å². The zero-order valence-electron chi connectivity index (χ0n) is 9.97. The van der Waals surface area contributed by atoms with Crippen LogP contribution in [0.15, 0.2) is 17.2 Å². The van der Waals surface area contributed by atoms with Gasteiger partial charge in [0.1, 0.15) is 0 Å². The van der Waals surface area contributed by atoms with Crippen molar-refractivity contribution in [3.8, 4) is 0 Å². The average Bonchev–Trinajstić information content (AvgIpc) is 2.14. The first-order valence-electron chi connectivity index (χ1n) is 5.52. The third kappa shape index (κ3) is 1.82. The van der Waals surface area contributed by atoms with Gasteiger partial charge in [-0.2, -0.15) is 0 Å². The van der Waals surface area contributed by atoms with Crippen molar-refractivity contribution in [1.82, 2.24) is 9.55 Å². The zero-order valence-corrected chi connectivity index (χ0v) is 9.97. The molecule has 1 aromatic rings. The van der Waals surface area contributed by atoms with Crippen LogP contribution in [0.3, 0.4) is 0 Å². The molecule has 2 heterocycles. The Morgan fingerprint density at radius 1 is 1.50 bits per heavy atom. The van der Waals surface area contributed by atoms with Crippen molar-refractivity contribution in [3.05, 3.63) is 22.7 Å². The van der Waals surface area contributed by atoms with Gasteiger partial charge in [0.05, 0.1) is 0 Å². The SMILES string of the molecule is CC(C)n1ccnc(N2CC(C)(N)C2)c1=O. The second-order valence-electron chi connectivity index (χ2n) is 5.07. The van der Waals surface area contributed by atoms with Crippen LogP contribution < -0.4 is 16.2 Å². The fourth-order valence-electron chi connectivity index (χ4n) is 2.01. The molecule has 0 amide bonds. The van der Waals surface area contributed by atoms with Gasteiger partial charge in [-0.1, -0.05) is 0 Å². The van der Waals surface area contributed by atoms with Crippen molar-refractivity contribution < 1.29 is 0 Å². The zero-order chi connectivity index (χ0) is 11.9. The minimum atomic E-state index is -0.188. The van der Waals surface area contributed by atoms with Gasteiger partial charge in [0.2, 0.25) is 0 Å². The smallest absolute Gasteiger partial charge is 0.293 e. The molecule has 0 spiro atoms. The van der Waals surface area contributed by atoms with E-state index in [9.17, 15) is 4.79 Å². The Morgan fingerprint density at radius 2 is 2.12 bits per heavy atom. The van der Waals surface area contributed by atoms with Crippen molar-refractivity contribution in [2.24, 2.45) is 5.73 Å². The Hall–Kier alpha value is -1.36. The molecule has 1 aliphatic heterocycles. The highest BCUT2D eigenvalue weighted by Gasteiger charge is 2.36. The monoisotopic (exact) mass is 222 g/mol. The topological polar surface area (TPSA) is 64.2 Å². The normalized spacial score (nSPS) is 18.7. The van der Waals surface area contributed by atoms with Gasteiger partial charge in [-0.15, -0.1) is 0 Å². The van der Waals surface area contributed by atoms with E-state index in [1.807, 2.05) is 25.7 Å². The Labute approximate surface area is 94.9 Å². The maximum atomic E-state index is 12.1. The second kappa shape index (κ2) is 3.59. The molecule has 5 heteroatoms. The molecule has 1 saturated heterocycles. The van der Waals surface area contributed by atoms with E-state index in [1.54, 1.807) is 17.0 Å². The standard InChI is InChI=1S/C11H18N4O/c1-8(2)15-5-4-13-9(10(15)16)14-6-11(3,12)7-14/h4-5,8H,6-7,12H2,1-3H3. The van der Waals surface area contributed by atoms with Crippen molar-refractivity contribution in [2.45, 2.75) is 32.4 Å². The number of anilines is 1. The van der Waals surface area contributed by atoms with Gasteiger partial charge in [-0.3, -0.25) is 4.79 Å². The molecule has 1 aromatic heterocycles. The molecule has 16 heavy (non-hydrogen) atoms. The maximum absolute atomic E-state index is 12.1. The number of hydrogen-bond donors (Lipinski definition) is 1. The highest BCUT2D eigenvalue weighted by atomic mass is 16.1. The summed E-state index contributed by atoms with van der Waals surface area (Å²) in [6, 6.07) is 0.153. The first kappa shape index (κ1) is 11.1. The lowest BCUT2D eigenvalue weighted by molar-refractivity contribution is 0.360. The van der Waals surface area contributed by atoms with Crippen molar-refractivity contribution in [1.29, 1.82) is 0 Å². The van der Waals surface area contributed by atoms with Crippen LogP contribution in [0.1, 0.15) is 26.8 Å². The van der Waals surface area contributed by atoms with E-state index in [1.165, 1.54) is 0 Å². The summed E-state index contributed by atoms with van der Waals surface area (Å²) < 4.78 is 1.69. The first-order chi connectivity index (χ1) is 7.41. The molecule has 2 rings (SSSR count). The van der Waals surface area contributed by atoms with Gasteiger partial charge >= 0.3 is 0 Å². The number of aromatic nitrogens is 2. The Bertz CT molecular complexity index is 442. The van der Waals surface area contributed by atoms with Crippen LogP contribution in [0.5, 0.6) is 0 Å². The minimum Gasteiger partial charge on any atom is -0.348 e. The first-order valence-corrected chi connectivity index (χ1v) is 5.52. The van der Waals surface area contributed by atoms with Crippen molar-refractivity contribution in [2.75, 3.05) is 18.0 Å². The molecule has 0 aromatic carbocycles. The van der Waals surface area contributed by atoms with Gasteiger partial charge < -0.3 is 15.2 Å². The summed E-state index contributed by atoms with van der Waals surface area (Å²) in [7, 11) is 0. The van der Waals surface area contributed by atoms with Crippen LogP contribution in [0.4, 0.5) is 5.82 Å². The van der Waals surface area contributed by atoms with E-state index in [-0.39, 0.29) is 17.1 Å². The Kier molecular flexibility index (Phi) is 2.50. The van der Waals surface area contributed by atoms with Gasteiger partial charge in [0.25, 0.3) is 5.56 Å². The molecule has 5 nitrogen and oxygen atoms in total. The fourth-order valence-corrected chi connectivity index (χ4v) is 2.01. The molecule has 0 unspecified atom stereocenters. The van der Waals surface area contributed by atoms with Gasteiger partial charge in [-0.05, 0) is 20.8 Å². The number of hydrogen-bond acceptors (Lipinski definition) is 4. The highest BCUT2D eigenvalue weighted by Crippen LogP contribution is 2.21. The predicted octanol–water partition coefficient (Wildman–Crippen LogP) is 0.362. The summed E-state index contributed by atoms with van der Waals surface area (Å²) in [5.74, 6) is 0.513. The fraction of sp³-hybridized carbons (Fsp3) is 0.636.